The van der Waals surface area contributed by atoms with E-state index in [0.29, 0.717) is 6.61 Å². The Morgan fingerprint density at radius 2 is 2.14 bits per heavy atom. The number of esters is 1. The van der Waals surface area contributed by atoms with E-state index in [4.69, 9.17) is 9.47 Å². The number of hydrogen-bond acceptors (Lipinski definition) is 5. The van der Waals surface area contributed by atoms with Gasteiger partial charge in [-0.3, -0.25) is 0 Å². The number of carbonyl (C=O) groups is 1. The molecule has 5 nitrogen and oxygen atoms in total. The lowest BCUT2D eigenvalue weighted by atomic mass is 10.1. The number of rotatable bonds is 5. The van der Waals surface area contributed by atoms with E-state index in [1.807, 2.05) is 20.8 Å². The standard InChI is InChI=1S/C16H24N2O3/c1-4-21-16(19)13(3)17-15-11-14(6-5-12(15)2)18-7-9-20-10-8-18/h5-6,11,13,17H,4,7-10H2,1-3H3/t13-/m1/s1. The van der Waals surface area contributed by atoms with E-state index >= 15 is 0 Å². The maximum absolute atomic E-state index is 11.7. The summed E-state index contributed by atoms with van der Waals surface area (Å²) in [5, 5.41) is 3.24. The number of carbonyl (C=O) groups excluding carboxylic acids is 1. The van der Waals surface area contributed by atoms with Crippen molar-refractivity contribution in [1.82, 2.24) is 0 Å². The zero-order chi connectivity index (χ0) is 15.2. The van der Waals surface area contributed by atoms with Crippen molar-refractivity contribution in [1.29, 1.82) is 0 Å². The zero-order valence-electron chi connectivity index (χ0n) is 13.0. The van der Waals surface area contributed by atoms with Gasteiger partial charge in [-0.2, -0.15) is 0 Å². The number of benzene rings is 1. The van der Waals surface area contributed by atoms with Gasteiger partial charge in [0.25, 0.3) is 0 Å². The van der Waals surface area contributed by atoms with Crippen LogP contribution in [0.1, 0.15) is 19.4 Å². The van der Waals surface area contributed by atoms with Crippen LogP contribution in [0.15, 0.2) is 18.2 Å². The van der Waals surface area contributed by atoms with Crippen LogP contribution in [0, 0.1) is 6.92 Å². The van der Waals surface area contributed by atoms with E-state index in [-0.39, 0.29) is 12.0 Å². The molecule has 1 aliphatic heterocycles. The summed E-state index contributed by atoms with van der Waals surface area (Å²) >= 11 is 0. The summed E-state index contributed by atoms with van der Waals surface area (Å²) in [7, 11) is 0. The summed E-state index contributed by atoms with van der Waals surface area (Å²) in [4.78, 5) is 14.0. The van der Waals surface area contributed by atoms with Crippen molar-refractivity contribution in [3.63, 3.8) is 0 Å². The monoisotopic (exact) mass is 292 g/mol. The highest BCUT2D eigenvalue weighted by molar-refractivity contribution is 5.79. The Labute approximate surface area is 126 Å². The number of nitrogens with one attached hydrogen (secondary N) is 1. The summed E-state index contributed by atoms with van der Waals surface area (Å²) in [6.07, 6.45) is 0. The van der Waals surface area contributed by atoms with Gasteiger partial charge in [0.15, 0.2) is 0 Å². The Morgan fingerprint density at radius 3 is 2.81 bits per heavy atom. The number of ether oxygens (including phenoxy) is 2. The molecule has 116 valence electrons. The highest BCUT2D eigenvalue weighted by atomic mass is 16.5. The van der Waals surface area contributed by atoms with E-state index in [1.165, 1.54) is 0 Å². The van der Waals surface area contributed by atoms with Crippen molar-refractivity contribution >= 4 is 17.3 Å². The van der Waals surface area contributed by atoms with Gasteiger partial charge in [-0.15, -0.1) is 0 Å². The van der Waals surface area contributed by atoms with Gasteiger partial charge in [0, 0.05) is 24.5 Å². The van der Waals surface area contributed by atoms with Crippen molar-refractivity contribution < 1.29 is 14.3 Å². The van der Waals surface area contributed by atoms with Gasteiger partial charge in [0.2, 0.25) is 0 Å². The van der Waals surface area contributed by atoms with Crippen LogP contribution in [-0.2, 0) is 14.3 Å². The molecule has 1 aromatic rings. The second kappa shape index (κ2) is 7.31. The minimum absolute atomic E-state index is 0.228. The molecule has 1 atom stereocenters. The molecular weight excluding hydrogens is 268 g/mol. The fourth-order valence-corrected chi connectivity index (χ4v) is 2.34. The first-order valence-corrected chi connectivity index (χ1v) is 7.48. The summed E-state index contributed by atoms with van der Waals surface area (Å²) < 4.78 is 10.4. The van der Waals surface area contributed by atoms with Gasteiger partial charge >= 0.3 is 5.97 Å². The van der Waals surface area contributed by atoms with Crippen LogP contribution in [0.2, 0.25) is 0 Å². The third-order valence-corrected chi connectivity index (χ3v) is 3.61. The largest absolute Gasteiger partial charge is 0.464 e. The number of aryl methyl sites for hydroxylation is 1. The van der Waals surface area contributed by atoms with Crippen molar-refractivity contribution in [2.45, 2.75) is 26.8 Å². The Kier molecular flexibility index (Phi) is 5.44. The van der Waals surface area contributed by atoms with Crippen LogP contribution < -0.4 is 10.2 Å². The Bertz CT molecular complexity index is 484. The minimum atomic E-state index is -0.358. The maximum Gasteiger partial charge on any atom is 0.328 e. The lowest BCUT2D eigenvalue weighted by Gasteiger charge is -2.29. The molecule has 21 heavy (non-hydrogen) atoms. The first-order chi connectivity index (χ1) is 10.1. The van der Waals surface area contributed by atoms with Gasteiger partial charge in [-0.05, 0) is 38.5 Å². The quantitative estimate of drug-likeness (QED) is 0.843. The molecule has 2 rings (SSSR count). The SMILES string of the molecule is CCOC(=O)[C@@H](C)Nc1cc(N2CCOCC2)ccc1C. The van der Waals surface area contributed by atoms with Crippen LogP contribution in [-0.4, -0.2) is 44.9 Å². The van der Waals surface area contributed by atoms with Gasteiger partial charge in [0.05, 0.1) is 19.8 Å². The lowest BCUT2D eigenvalue weighted by Crippen LogP contribution is -2.36. The molecule has 1 fully saturated rings. The predicted molar refractivity (Wildman–Crippen MR) is 83.9 cm³/mol. The molecule has 0 saturated carbocycles. The van der Waals surface area contributed by atoms with Crippen LogP contribution >= 0.6 is 0 Å². The highest BCUT2D eigenvalue weighted by Crippen LogP contribution is 2.24. The van der Waals surface area contributed by atoms with E-state index in [9.17, 15) is 4.79 Å². The molecule has 0 bridgehead atoms. The van der Waals surface area contributed by atoms with E-state index < -0.39 is 0 Å². The topological polar surface area (TPSA) is 50.8 Å². The summed E-state index contributed by atoms with van der Waals surface area (Å²) in [6.45, 7) is 9.38. The first-order valence-electron chi connectivity index (χ1n) is 7.48. The van der Waals surface area contributed by atoms with Crippen LogP contribution in [0.25, 0.3) is 0 Å². The molecule has 1 N–H and O–H groups in total. The van der Waals surface area contributed by atoms with Gasteiger partial charge in [-0.1, -0.05) is 6.07 Å². The van der Waals surface area contributed by atoms with Crippen molar-refractivity contribution in [3.8, 4) is 0 Å². The summed E-state index contributed by atoms with van der Waals surface area (Å²) in [5.41, 5.74) is 3.24. The number of morpholine rings is 1. The second-order valence-electron chi connectivity index (χ2n) is 5.22. The fraction of sp³-hybridized carbons (Fsp3) is 0.562. The molecule has 1 heterocycles. The molecular formula is C16H24N2O3. The van der Waals surface area contributed by atoms with E-state index in [0.717, 1.165) is 43.2 Å². The lowest BCUT2D eigenvalue weighted by molar-refractivity contribution is -0.143. The minimum Gasteiger partial charge on any atom is -0.464 e. The molecule has 0 aliphatic carbocycles. The second-order valence-corrected chi connectivity index (χ2v) is 5.22. The average molecular weight is 292 g/mol. The summed E-state index contributed by atoms with van der Waals surface area (Å²) in [6, 6.07) is 5.92. The Morgan fingerprint density at radius 1 is 1.43 bits per heavy atom. The van der Waals surface area contributed by atoms with Gasteiger partial charge < -0.3 is 19.7 Å². The third-order valence-electron chi connectivity index (χ3n) is 3.61. The molecule has 1 aliphatic rings. The Hall–Kier alpha value is -1.75. The van der Waals surface area contributed by atoms with Gasteiger partial charge in [0.1, 0.15) is 6.04 Å². The van der Waals surface area contributed by atoms with Crippen LogP contribution in [0.3, 0.4) is 0 Å². The zero-order valence-corrected chi connectivity index (χ0v) is 13.0. The molecule has 5 heteroatoms. The average Bonchev–Trinajstić information content (AvgIpc) is 2.50. The molecule has 0 aromatic heterocycles. The molecule has 0 spiro atoms. The maximum atomic E-state index is 11.7. The molecule has 0 radical (unpaired) electrons. The molecule has 0 amide bonds. The van der Waals surface area contributed by atoms with Crippen LogP contribution in [0.4, 0.5) is 11.4 Å². The van der Waals surface area contributed by atoms with E-state index in [2.05, 4.69) is 28.4 Å². The summed E-state index contributed by atoms with van der Waals surface area (Å²) in [5.74, 6) is -0.228. The molecule has 0 unspecified atom stereocenters. The van der Waals surface area contributed by atoms with Gasteiger partial charge in [-0.25, -0.2) is 4.79 Å². The predicted octanol–water partition coefficient (Wildman–Crippen LogP) is 2.20. The number of nitrogens with zero attached hydrogens (tertiary/aromatic N) is 1. The van der Waals surface area contributed by atoms with Crippen molar-refractivity contribution in [3.05, 3.63) is 23.8 Å². The van der Waals surface area contributed by atoms with Crippen molar-refractivity contribution in [2.24, 2.45) is 0 Å². The smallest absolute Gasteiger partial charge is 0.328 e. The number of hydrogen-bond donors (Lipinski definition) is 1. The fourth-order valence-electron chi connectivity index (χ4n) is 2.34. The van der Waals surface area contributed by atoms with Crippen LogP contribution in [0.5, 0.6) is 0 Å². The molecule has 1 aromatic carbocycles. The first kappa shape index (κ1) is 15.6. The van der Waals surface area contributed by atoms with E-state index in [1.54, 1.807) is 0 Å². The normalized spacial score (nSPS) is 16.4. The third kappa shape index (κ3) is 4.11. The molecule has 1 saturated heterocycles. The number of anilines is 2. The van der Waals surface area contributed by atoms with Crippen molar-refractivity contribution in [2.75, 3.05) is 43.1 Å². The Balaban J connectivity index is 2.09. The highest BCUT2D eigenvalue weighted by Gasteiger charge is 2.16.